The van der Waals surface area contributed by atoms with Gasteiger partial charge in [-0.1, -0.05) is 29.5 Å². The number of rotatable bonds is 2. The van der Waals surface area contributed by atoms with Crippen LogP contribution in [0.2, 0.25) is 0 Å². The number of aldehydes is 1. The number of nitrogens with two attached hydrogens (primary N) is 1. The number of hydrogen-bond donors (Lipinski definition) is 1. The number of amides is 1. The predicted molar refractivity (Wildman–Crippen MR) is 62.0 cm³/mol. The Balaban J connectivity index is 0.000000171. The Kier molecular flexibility index (Phi) is 4.80. The molecular formula is C11H14N4O2. The number of hydrogen-bond acceptors (Lipinski definition) is 4. The van der Waals surface area contributed by atoms with Crippen molar-refractivity contribution in [2.45, 2.75) is 6.42 Å². The fourth-order valence-electron chi connectivity index (χ4n) is 1.21. The summed E-state index contributed by atoms with van der Waals surface area (Å²) in [6, 6.07) is 0. The second-order valence-corrected chi connectivity index (χ2v) is 3.49. The molecule has 1 unspecified atom stereocenters. The van der Waals surface area contributed by atoms with Crippen molar-refractivity contribution in [3.8, 4) is 0 Å². The van der Waals surface area contributed by atoms with Crippen LogP contribution >= 0.6 is 0 Å². The summed E-state index contributed by atoms with van der Waals surface area (Å²) in [4.78, 5) is 20.4. The van der Waals surface area contributed by atoms with Crippen LogP contribution in [0.25, 0.3) is 0 Å². The van der Waals surface area contributed by atoms with Gasteiger partial charge >= 0.3 is 0 Å². The molecule has 2 rings (SSSR count). The zero-order chi connectivity index (χ0) is 12.7. The lowest BCUT2D eigenvalue weighted by Crippen LogP contribution is -2.21. The van der Waals surface area contributed by atoms with Gasteiger partial charge < -0.3 is 5.73 Å². The first-order valence-electron chi connectivity index (χ1n) is 5.07. The van der Waals surface area contributed by atoms with Crippen molar-refractivity contribution in [3.05, 3.63) is 36.2 Å². The molecule has 6 heteroatoms. The topological polar surface area (TPSA) is 90.9 Å². The molecule has 1 amide bonds. The highest BCUT2D eigenvalue weighted by molar-refractivity contribution is 5.79. The molecule has 6 nitrogen and oxygen atoms in total. The summed E-state index contributed by atoms with van der Waals surface area (Å²) in [6.45, 7) is 0. The van der Waals surface area contributed by atoms with Gasteiger partial charge in [-0.3, -0.25) is 14.3 Å². The lowest BCUT2D eigenvalue weighted by Gasteiger charge is -2.06. The molecule has 1 heterocycles. The average Bonchev–Trinajstić information content (AvgIpc) is 2.77. The molecule has 0 aromatic carbocycles. The van der Waals surface area contributed by atoms with E-state index in [0.29, 0.717) is 12.0 Å². The number of carbonyl (C=O) groups is 2. The molecule has 0 spiro atoms. The second kappa shape index (κ2) is 6.37. The largest absolute Gasteiger partial charge is 0.369 e. The van der Waals surface area contributed by atoms with E-state index in [1.807, 2.05) is 24.3 Å². The van der Waals surface area contributed by atoms with Gasteiger partial charge in [-0.05, 0) is 6.42 Å². The molecule has 1 atom stereocenters. The van der Waals surface area contributed by atoms with E-state index in [2.05, 4.69) is 10.3 Å². The van der Waals surface area contributed by atoms with Gasteiger partial charge in [-0.2, -0.15) is 0 Å². The highest BCUT2D eigenvalue weighted by atomic mass is 16.1. The zero-order valence-corrected chi connectivity index (χ0v) is 9.48. The summed E-state index contributed by atoms with van der Waals surface area (Å²) in [5, 5.41) is 7.00. The summed E-state index contributed by atoms with van der Waals surface area (Å²) in [6.07, 6.45) is 10.5. The number of carbonyl (C=O) groups excluding carboxylic acids is 2. The van der Waals surface area contributed by atoms with Crippen molar-refractivity contribution < 1.29 is 9.59 Å². The number of allylic oxidation sites excluding steroid dienone is 3. The van der Waals surface area contributed by atoms with Gasteiger partial charge in [0.25, 0.3) is 0 Å². The van der Waals surface area contributed by atoms with Gasteiger partial charge in [0.05, 0.1) is 12.1 Å². The molecule has 1 aliphatic carbocycles. The molecule has 1 aromatic heterocycles. The van der Waals surface area contributed by atoms with Crippen molar-refractivity contribution in [2.24, 2.45) is 18.7 Å². The van der Waals surface area contributed by atoms with E-state index in [-0.39, 0.29) is 11.8 Å². The van der Waals surface area contributed by atoms with E-state index < -0.39 is 0 Å². The zero-order valence-electron chi connectivity index (χ0n) is 9.48. The molecule has 0 radical (unpaired) electrons. The van der Waals surface area contributed by atoms with E-state index in [1.165, 1.54) is 4.68 Å². The maximum atomic E-state index is 10.5. The predicted octanol–water partition coefficient (Wildman–Crippen LogP) is 0.232. The Morgan fingerprint density at radius 1 is 1.59 bits per heavy atom. The maximum Gasteiger partial charge on any atom is 0.224 e. The minimum atomic E-state index is -0.240. The van der Waals surface area contributed by atoms with Crippen molar-refractivity contribution in [1.82, 2.24) is 15.0 Å². The Bertz CT molecular complexity index is 448. The normalized spacial score (nSPS) is 17.1. The van der Waals surface area contributed by atoms with Gasteiger partial charge in [0.2, 0.25) is 5.91 Å². The molecule has 2 N–H and O–H groups in total. The molecule has 1 aliphatic rings. The third kappa shape index (κ3) is 4.42. The molecule has 17 heavy (non-hydrogen) atoms. The van der Waals surface area contributed by atoms with Crippen LogP contribution in [-0.4, -0.2) is 27.2 Å². The van der Waals surface area contributed by atoms with Crippen molar-refractivity contribution >= 4 is 12.2 Å². The van der Waals surface area contributed by atoms with Crippen LogP contribution in [0.5, 0.6) is 0 Å². The fraction of sp³-hybridized carbons (Fsp3) is 0.273. The van der Waals surface area contributed by atoms with Gasteiger partial charge in [0.1, 0.15) is 5.69 Å². The van der Waals surface area contributed by atoms with Crippen LogP contribution in [-0.2, 0) is 11.8 Å². The third-order valence-corrected chi connectivity index (χ3v) is 2.09. The highest BCUT2D eigenvalue weighted by Gasteiger charge is 2.09. The average molecular weight is 234 g/mol. The van der Waals surface area contributed by atoms with Crippen LogP contribution in [0.1, 0.15) is 16.9 Å². The van der Waals surface area contributed by atoms with E-state index in [0.717, 1.165) is 6.42 Å². The standard InChI is InChI=1S/C7H9NO.C4H5N3O/c8-7(9)6-4-2-1-3-5-6;1-7-2-4(3-8)5-6-7/h1-4,6H,5H2,(H2,8,9);2-3H,1H3. The molecule has 0 fully saturated rings. The number of aromatic nitrogens is 3. The van der Waals surface area contributed by atoms with Crippen molar-refractivity contribution in [3.63, 3.8) is 0 Å². The first kappa shape index (κ1) is 12.8. The molecule has 90 valence electrons. The molecular weight excluding hydrogens is 220 g/mol. The van der Waals surface area contributed by atoms with Gasteiger partial charge in [0.15, 0.2) is 6.29 Å². The van der Waals surface area contributed by atoms with E-state index >= 15 is 0 Å². The van der Waals surface area contributed by atoms with E-state index in [1.54, 1.807) is 13.2 Å². The number of aryl methyl sites for hydroxylation is 1. The summed E-state index contributed by atoms with van der Waals surface area (Å²) in [7, 11) is 1.71. The maximum absolute atomic E-state index is 10.5. The fourth-order valence-corrected chi connectivity index (χ4v) is 1.21. The van der Waals surface area contributed by atoms with Crippen LogP contribution in [0.3, 0.4) is 0 Å². The lowest BCUT2D eigenvalue weighted by molar-refractivity contribution is -0.120. The Morgan fingerprint density at radius 2 is 2.35 bits per heavy atom. The minimum absolute atomic E-state index is 0.0741. The second-order valence-electron chi connectivity index (χ2n) is 3.49. The van der Waals surface area contributed by atoms with Crippen LogP contribution in [0.15, 0.2) is 30.5 Å². The van der Waals surface area contributed by atoms with Crippen LogP contribution in [0, 0.1) is 5.92 Å². The molecule has 0 saturated carbocycles. The smallest absolute Gasteiger partial charge is 0.224 e. The first-order valence-corrected chi connectivity index (χ1v) is 5.07. The van der Waals surface area contributed by atoms with Crippen molar-refractivity contribution in [1.29, 1.82) is 0 Å². The van der Waals surface area contributed by atoms with E-state index in [9.17, 15) is 9.59 Å². The first-order chi connectivity index (χ1) is 8.13. The minimum Gasteiger partial charge on any atom is -0.369 e. The Hall–Kier alpha value is -2.24. The van der Waals surface area contributed by atoms with Gasteiger partial charge in [0, 0.05) is 7.05 Å². The molecule has 0 bridgehead atoms. The SMILES string of the molecule is Cn1cc(C=O)nn1.NC(=O)C1C=CC=CC1. The van der Waals surface area contributed by atoms with E-state index in [4.69, 9.17) is 5.73 Å². The highest BCUT2D eigenvalue weighted by Crippen LogP contribution is 2.09. The monoisotopic (exact) mass is 234 g/mol. The Morgan fingerprint density at radius 3 is 2.65 bits per heavy atom. The van der Waals surface area contributed by atoms with Crippen LogP contribution in [0.4, 0.5) is 0 Å². The quantitative estimate of drug-likeness (QED) is 0.741. The van der Waals surface area contributed by atoms with Crippen LogP contribution < -0.4 is 5.73 Å². The van der Waals surface area contributed by atoms with Gasteiger partial charge in [-0.25, -0.2) is 0 Å². The van der Waals surface area contributed by atoms with Crippen molar-refractivity contribution in [2.75, 3.05) is 0 Å². The molecule has 0 saturated heterocycles. The van der Waals surface area contributed by atoms with Gasteiger partial charge in [-0.15, -0.1) is 5.10 Å². The molecule has 1 aromatic rings. The Labute approximate surface area is 98.8 Å². The third-order valence-electron chi connectivity index (χ3n) is 2.09. The summed E-state index contributed by atoms with van der Waals surface area (Å²) in [5.74, 6) is -0.314. The summed E-state index contributed by atoms with van der Waals surface area (Å²) in [5.41, 5.74) is 5.41. The molecule has 0 aliphatic heterocycles. The lowest BCUT2D eigenvalue weighted by atomic mass is 10.0. The summed E-state index contributed by atoms with van der Waals surface area (Å²) < 4.78 is 1.48. The summed E-state index contributed by atoms with van der Waals surface area (Å²) >= 11 is 0. The number of nitrogens with zero attached hydrogens (tertiary/aromatic N) is 3. The number of primary amides is 1.